The number of rotatable bonds is 6. The summed E-state index contributed by atoms with van der Waals surface area (Å²) in [5.41, 5.74) is 1.06. The fraction of sp³-hybridized carbons (Fsp3) is 0.529. The second-order valence-electron chi connectivity index (χ2n) is 5.74. The van der Waals surface area contributed by atoms with Crippen molar-refractivity contribution in [3.8, 4) is 0 Å². The summed E-state index contributed by atoms with van der Waals surface area (Å²) < 4.78 is 0. The quantitative estimate of drug-likeness (QED) is 0.359. The summed E-state index contributed by atoms with van der Waals surface area (Å²) in [6, 6.07) is 5.52. The lowest BCUT2D eigenvalue weighted by molar-refractivity contribution is -0.128. The zero-order valence-corrected chi connectivity index (χ0v) is 18.2. The highest BCUT2D eigenvalue weighted by atomic mass is 127. The smallest absolute Gasteiger partial charge is 0.244 e. The van der Waals surface area contributed by atoms with E-state index in [2.05, 4.69) is 15.6 Å². The molecule has 2 rings (SSSR count). The van der Waals surface area contributed by atoms with E-state index >= 15 is 0 Å². The van der Waals surface area contributed by atoms with Crippen molar-refractivity contribution in [3.63, 3.8) is 0 Å². The standard InChI is InChI=1S/C17H24Cl2N4O.HI/c1-2-20-17(22-12-16(24)23-7-3-4-8-23)21-6-5-13-9-14(18)11-15(19)10-13;/h9-11H,2-8,12H2,1H3,(H2,20,21,22);1H. The van der Waals surface area contributed by atoms with Crippen molar-refractivity contribution in [1.82, 2.24) is 15.5 Å². The average molecular weight is 499 g/mol. The molecule has 25 heavy (non-hydrogen) atoms. The van der Waals surface area contributed by atoms with Gasteiger partial charge in [-0.2, -0.15) is 0 Å². The molecule has 1 aliphatic heterocycles. The first-order chi connectivity index (χ1) is 11.6. The van der Waals surface area contributed by atoms with E-state index in [0.717, 1.165) is 44.5 Å². The zero-order chi connectivity index (χ0) is 17.4. The molecule has 1 heterocycles. The van der Waals surface area contributed by atoms with Gasteiger partial charge in [0.2, 0.25) is 5.91 Å². The molecule has 1 fully saturated rings. The number of amides is 1. The molecule has 0 unspecified atom stereocenters. The molecule has 0 saturated carbocycles. The molecule has 1 amide bonds. The van der Waals surface area contributed by atoms with Gasteiger partial charge in [-0.05, 0) is 49.9 Å². The van der Waals surface area contributed by atoms with Crippen LogP contribution in [0.2, 0.25) is 10.0 Å². The number of guanidine groups is 1. The highest BCUT2D eigenvalue weighted by Crippen LogP contribution is 2.19. The second kappa shape index (κ2) is 11.8. The van der Waals surface area contributed by atoms with Crippen LogP contribution in [0, 0.1) is 0 Å². The topological polar surface area (TPSA) is 56.7 Å². The number of nitrogens with one attached hydrogen (secondary N) is 2. The zero-order valence-electron chi connectivity index (χ0n) is 14.4. The average Bonchev–Trinajstić information content (AvgIpc) is 3.06. The second-order valence-corrected chi connectivity index (χ2v) is 6.61. The van der Waals surface area contributed by atoms with Gasteiger partial charge >= 0.3 is 0 Å². The monoisotopic (exact) mass is 498 g/mol. The van der Waals surface area contributed by atoms with Crippen molar-refractivity contribution >= 4 is 59.0 Å². The minimum absolute atomic E-state index is 0. The number of halogens is 3. The van der Waals surface area contributed by atoms with Crippen LogP contribution in [0.4, 0.5) is 0 Å². The Morgan fingerprint density at radius 3 is 2.40 bits per heavy atom. The van der Waals surface area contributed by atoms with E-state index in [9.17, 15) is 4.79 Å². The predicted octanol–water partition coefficient (Wildman–Crippen LogP) is 3.33. The summed E-state index contributed by atoms with van der Waals surface area (Å²) in [4.78, 5) is 18.3. The summed E-state index contributed by atoms with van der Waals surface area (Å²) in [6.45, 7) is 5.31. The summed E-state index contributed by atoms with van der Waals surface area (Å²) in [6.07, 6.45) is 2.96. The third-order valence-corrected chi connectivity index (χ3v) is 4.24. The van der Waals surface area contributed by atoms with Crippen molar-refractivity contribution in [3.05, 3.63) is 33.8 Å². The number of nitrogens with zero attached hydrogens (tertiary/aromatic N) is 2. The Kier molecular flexibility index (Phi) is 10.5. The maximum atomic E-state index is 12.1. The van der Waals surface area contributed by atoms with Crippen molar-refractivity contribution in [2.24, 2.45) is 4.99 Å². The van der Waals surface area contributed by atoms with Gasteiger partial charge in [-0.1, -0.05) is 23.2 Å². The first-order valence-corrected chi connectivity index (χ1v) is 9.09. The number of hydrogen-bond acceptors (Lipinski definition) is 2. The molecule has 8 heteroatoms. The molecule has 0 bridgehead atoms. The minimum atomic E-state index is 0. The van der Waals surface area contributed by atoms with Crippen LogP contribution in [0.1, 0.15) is 25.3 Å². The van der Waals surface area contributed by atoms with Gasteiger partial charge in [-0.15, -0.1) is 24.0 Å². The van der Waals surface area contributed by atoms with E-state index in [-0.39, 0.29) is 36.4 Å². The molecule has 0 spiro atoms. The van der Waals surface area contributed by atoms with E-state index < -0.39 is 0 Å². The van der Waals surface area contributed by atoms with E-state index in [1.807, 2.05) is 24.0 Å². The van der Waals surface area contributed by atoms with Crippen LogP contribution in [0.15, 0.2) is 23.2 Å². The Balaban J connectivity index is 0.00000312. The maximum absolute atomic E-state index is 12.1. The lowest BCUT2D eigenvalue weighted by atomic mass is 10.1. The number of benzene rings is 1. The number of aliphatic imine (C=N–C) groups is 1. The Bertz CT molecular complexity index is 572. The number of hydrogen-bond donors (Lipinski definition) is 2. The van der Waals surface area contributed by atoms with Crippen molar-refractivity contribution in [1.29, 1.82) is 0 Å². The van der Waals surface area contributed by atoms with Crippen LogP contribution >= 0.6 is 47.2 Å². The number of likely N-dealkylation sites (tertiary alicyclic amines) is 1. The molecule has 0 radical (unpaired) electrons. The normalized spacial score (nSPS) is 14.2. The van der Waals surface area contributed by atoms with Crippen molar-refractivity contribution in [2.75, 3.05) is 32.7 Å². The lowest BCUT2D eigenvalue weighted by Gasteiger charge is -2.15. The largest absolute Gasteiger partial charge is 0.357 e. The molecule has 140 valence electrons. The van der Waals surface area contributed by atoms with Gasteiger partial charge in [0.1, 0.15) is 6.54 Å². The molecular weight excluding hydrogens is 474 g/mol. The number of carbonyl (C=O) groups is 1. The Morgan fingerprint density at radius 1 is 1.16 bits per heavy atom. The van der Waals surface area contributed by atoms with Gasteiger partial charge in [0, 0.05) is 36.2 Å². The van der Waals surface area contributed by atoms with Gasteiger partial charge < -0.3 is 15.5 Å². The van der Waals surface area contributed by atoms with Gasteiger partial charge in [-0.3, -0.25) is 4.79 Å². The molecule has 1 aromatic rings. The first kappa shape index (κ1) is 22.3. The summed E-state index contributed by atoms with van der Waals surface area (Å²) in [7, 11) is 0. The van der Waals surface area contributed by atoms with E-state index in [1.54, 1.807) is 6.07 Å². The van der Waals surface area contributed by atoms with Gasteiger partial charge in [0.05, 0.1) is 0 Å². The van der Waals surface area contributed by atoms with Crippen LogP contribution in [-0.2, 0) is 11.2 Å². The highest BCUT2D eigenvalue weighted by molar-refractivity contribution is 14.0. The SMILES string of the molecule is CCNC(=NCC(=O)N1CCCC1)NCCc1cc(Cl)cc(Cl)c1.I. The van der Waals surface area contributed by atoms with Crippen LogP contribution in [0.25, 0.3) is 0 Å². The van der Waals surface area contributed by atoms with E-state index in [4.69, 9.17) is 23.2 Å². The highest BCUT2D eigenvalue weighted by Gasteiger charge is 2.17. The summed E-state index contributed by atoms with van der Waals surface area (Å²) >= 11 is 12.0. The van der Waals surface area contributed by atoms with Crippen LogP contribution in [0.3, 0.4) is 0 Å². The molecule has 1 saturated heterocycles. The summed E-state index contributed by atoms with van der Waals surface area (Å²) in [5.74, 6) is 0.740. The van der Waals surface area contributed by atoms with Gasteiger partial charge in [0.25, 0.3) is 0 Å². The molecule has 2 N–H and O–H groups in total. The molecule has 0 aliphatic carbocycles. The van der Waals surface area contributed by atoms with Crippen molar-refractivity contribution < 1.29 is 4.79 Å². The fourth-order valence-electron chi connectivity index (χ4n) is 2.64. The summed E-state index contributed by atoms with van der Waals surface area (Å²) in [5, 5.41) is 7.66. The van der Waals surface area contributed by atoms with Crippen molar-refractivity contribution in [2.45, 2.75) is 26.2 Å². The third kappa shape index (κ3) is 8.00. The van der Waals surface area contributed by atoms with Crippen LogP contribution in [0.5, 0.6) is 0 Å². The molecular formula is C17H25Cl2IN4O. The molecule has 1 aliphatic rings. The minimum Gasteiger partial charge on any atom is -0.357 e. The van der Waals surface area contributed by atoms with Gasteiger partial charge in [-0.25, -0.2) is 4.99 Å². The third-order valence-electron chi connectivity index (χ3n) is 3.80. The van der Waals surface area contributed by atoms with E-state index in [0.29, 0.717) is 22.5 Å². The maximum Gasteiger partial charge on any atom is 0.244 e. The Hall–Kier alpha value is -0.730. The molecule has 1 aromatic carbocycles. The fourth-order valence-corrected chi connectivity index (χ4v) is 3.21. The molecule has 0 atom stereocenters. The Morgan fingerprint density at radius 2 is 1.80 bits per heavy atom. The Labute approximate surface area is 176 Å². The van der Waals surface area contributed by atoms with Gasteiger partial charge in [0.15, 0.2) is 5.96 Å². The van der Waals surface area contributed by atoms with E-state index in [1.165, 1.54) is 0 Å². The molecule has 5 nitrogen and oxygen atoms in total. The predicted molar refractivity (Wildman–Crippen MR) is 115 cm³/mol. The first-order valence-electron chi connectivity index (χ1n) is 8.33. The lowest BCUT2D eigenvalue weighted by Crippen LogP contribution is -2.39. The molecule has 0 aromatic heterocycles. The number of carbonyl (C=O) groups excluding carboxylic acids is 1. The van der Waals surface area contributed by atoms with Crippen LogP contribution < -0.4 is 10.6 Å². The van der Waals surface area contributed by atoms with Crippen LogP contribution in [-0.4, -0.2) is 49.5 Å².